The van der Waals surface area contributed by atoms with Crippen molar-refractivity contribution in [2.75, 3.05) is 50.7 Å². The molecule has 2 fully saturated rings. The number of sulfonamides is 1. The summed E-state index contributed by atoms with van der Waals surface area (Å²) in [6.45, 7) is 7.83. The molecule has 4 rings (SSSR count). The summed E-state index contributed by atoms with van der Waals surface area (Å²) in [5, 5.41) is 2.84. The third-order valence-corrected chi connectivity index (χ3v) is 9.29. The SMILES string of the molecule is Cc1cccc(N2CCN(C(=O)C3CCCN(S(=O)(=O)c4cn(C)cn4)CCC(=O)NCC3)CC2)c1C. The monoisotopic (exact) mass is 530 g/mol. The lowest BCUT2D eigenvalue weighted by Gasteiger charge is -2.38. The van der Waals surface area contributed by atoms with Gasteiger partial charge in [-0.3, -0.25) is 9.59 Å². The van der Waals surface area contributed by atoms with E-state index in [-0.39, 0.29) is 42.3 Å². The van der Waals surface area contributed by atoms with E-state index in [9.17, 15) is 18.0 Å². The number of hydrogen-bond donors (Lipinski definition) is 1. The van der Waals surface area contributed by atoms with Crippen molar-refractivity contribution >= 4 is 27.5 Å². The average molecular weight is 531 g/mol. The number of carbonyl (C=O) groups is 2. The van der Waals surface area contributed by atoms with Gasteiger partial charge in [-0.25, -0.2) is 13.4 Å². The summed E-state index contributed by atoms with van der Waals surface area (Å²) in [7, 11) is -2.11. The zero-order chi connectivity index (χ0) is 26.6. The third kappa shape index (κ3) is 6.32. The standard InChI is InChI=1S/C26H38N6O4S/c1-20-6-4-8-23(21(20)2)30-14-16-31(17-15-30)26(34)22-7-5-12-32(13-10-24(33)27-11-9-22)37(35,36)25-18-29(3)19-28-25/h4,6,8,18-19,22H,5,7,9-17H2,1-3H3,(H,27,33). The molecule has 0 bridgehead atoms. The van der Waals surface area contributed by atoms with Crippen molar-refractivity contribution in [2.24, 2.45) is 13.0 Å². The maximum absolute atomic E-state index is 13.5. The first kappa shape index (κ1) is 27.1. The Morgan fingerprint density at radius 1 is 1.05 bits per heavy atom. The van der Waals surface area contributed by atoms with Gasteiger partial charge in [0.15, 0.2) is 5.03 Å². The molecule has 1 N–H and O–H groups in total. The summed E-state index contributed by atoms with van der Waals surface area (Å²) >= 11 is 0. The van der Waals surface area contributed by atoms with Gasteiger partial charge >= 0.3 is 0 Å². The minimum Gasteiger partial charge on any atom is -0.368 e. The van der Waals surface area contributed by atoms with Crippen molar-refractivity contribution in [2.45, 2.75) is 44.6 Å². The van der Waals surface area contributed by atoms with E-state index in [0.29, 0.717) is 38.9 Å². The second-order valence-corrected chi connectivity index (χ2v) is 11.9. The third-order valence-electron chi connectivity index (χ3n) is 7.51. The molecular weight excluding hydrogens is 492 g/mol. The zero-order valence-electron chi connectivity index (χ0n) is 22.0. The lowest BCUT2D eigenvalue weighted by Crippen LogP contribution is -2.51. The van der Waals surface area contributed by atoms with Crippen LogP contribution in [0.3, 0.4) is 0 Å². The Bertz CT molecular complexity index is 1220. The highest BCUT2D eigenvalue weighted by atomic mass is 32.2. The van der Waals surface area contributed by atoms with Gasteiger partial charge in [0.2, 0.25) is 11.8 Å². The number of hydrogen-bond acceptors (Lipinski definition) is 6. The van der Waals surface area contributed by atoms with Crippen LogP contribution >= 0.6 is 0 Å². The predicted molar refractivity (Wildman–Crippen MR) is 142 cm³/mol. The van der Waals surface area contributed by atoms with Gasteiger partial charge in [0, 0.05) is 77.1 Å². The van der Waals surface area contributed by atoms with Gasteiger partial charge < -0.3 is 19.7 Å². The fourth-order valence-corrected chi connectivity index (χ4v) is 6.56. The molecule has 2 saturated heterocycles. The van der Waals surface area contributed by atoms with Crippen LogP contribution in [0, 0.1) is 19.8 Å². The molecule has 1 aromatic carbocycles. The highest BCUT2D eigenvalue weighted by Gasteiger charge is 2.31. The Morgan fingerprint density at radius 3 is 2.51 bits per heavy atom. The van der Waals surface area contributed by atoms with Crippen LogP contribution in [-0.2, 0) is 26.7 Å². The summed E-state index contributed by atoms with van der Waals surface area (Å²) in [6, 6.07) is 6.32. The molecule has 1 aromatic heterocycles. The van der Waals surface area contributed by atoms with E-state index in [0.717, 1.165) is 13.1 Å². The Balaban J connectivity index is 1.40. The van der Waals surface area contributed by atoms with E-state index in [1.807, 2.05) is 4.90 Å². The normalized spacial score (nSPS) is 20.8. The van der Waals surface area contributed by atoms with E-state index in [2.05, 4.69) is 47.2 Å². The van der Waals surface area contributed by atoms with Crippen molar-refractivity contribution < 1.29 is 18.0 Å². The summed E-state index contributed by atoms with van der Waals surface area (Å²) in [6.07, 6.45) is 4.64. The minimum atomic E-state index is -3.82. The molecule has 2 aromatic rings. The first-order chi connectivity index (χ1) is 17.7. The van der Waals surface area contributed by atoms with Crippen LogP contribution in [0.25, 0.3) is 0 Å². The summed E-state index contributed by atoms with van der Waals surface area (Å²) in [4.78, 5) is 34.1. The molecule has 2 amide bonds. The topological polar surface area (TPSA) is 108 Å². The molecule has 0 aliphatic carbocycles. The molecule has 10 nitrogen and oxygen atoms in total. The van der Waals surface area contributed by atoms with Crippen molar-refractivity contribution in [3.63, 3.8) is 0 Å². The number of amides is 2. The van der Waals surface area contributed by atoms with Crippen LogP contribution in [0.15, 0.2) is 35.7 Å². The average Bonchev–Trinajstić information content (AvgIpc) is 3.31. The van der Waals surface area contributed by atoms with Gasteiger partial charge in [-0.2, -0.15) is 4.31 Å². The second-order valence-electron chi connectivity index (χ2n) is 10.0. The smallest absolute Gasteiger partial charge is 0.262 e. The number of carbonyl (C=O) groups excluding carboxylic acids is 2. The van der Waals surface area contributed by atoms with Crippen LogP contribution in [0.4, 0.5) is 5.69 Å². The Labute approximate surface area is 219 Å². The highest BCUT2D eigenvalue weighted by Crippen LogP contribution is 2.25. The van der Waals surface area contributed by atoms with E-state index in [1.165, 1.54) is 33.6 Å². The first-order valence-electron chi connectivity index (χ1n) is 13.0. The van der Waals surface area contributed by atoms with Crippen LogP contribution in [-0.4, -0.2) is 84.8 Å². The number of rotatable bonds is 4. The zero-order valence-corrected chi connectivity index (χ0v) is 22.8. The fourth-order valence-electron chi connectivity index (χ4n) is 5.12. The van der Waals surface area contributed by atoms with Gasteiger partial charge in [0.05, 0.1) is 6.33 Å². The Morgan fingerprint density at radius 2 is 1.81 bits per heavy atom. The molecule has 0 saturated carbocycles. The van der Waals surface area contributed by atoms with E-state index >= 15 is 0 Å². The van der Waals surface area contributed by atoms with E-state index < -0.39 is 10.0 Å². The maximum Gasteiger partial charge on any atom is 0.262 e. The van der Waals surface area contributed by atoms with Crippen LogP contribution in [0.1, 0.15) is 36.8 Å². The first-order valence-corrected chi connectivity index (χ1v) is 14.5. The number of aromatic nitrogens is 2. The number of benzene rings is 1. The lowest BCUT2D eigenvalue weighted by atomic mass is 9.97. The largest absolute Gasteiger partial charge is 0.368 e. The van der Waals surface area contributed by atoms with Gasteiger partial charge in [-0.05, 0) is 50.3 Å². The number of anilines is 1. The van der Waals surface area contributed by atoms with Crippen LogP contribution in [0.2, 0.25) is 0 Å². The minimum absolute atomic E-state index is 0.0281. The number of piperazine rings is 1. The van der Waals surface area contributed by atoms with Crippen LogP contribution < -0.4 is 10.2 Å². The second kappa shape index (κ2) is 11.6. The van der Waals surface area contributed by atoms with Crippen molar-refractivity contribution in [3.05, 3.63) is 41.9 Å². The summed E-state index contributed by atoms with van der Waals surface area (Å²) in [5.74, 6) is -0.380. The van der Waals surface area contributed by atoms with Crippen molar-refractivity contribution in [3.8, 4) is 0 Å². The maximum atomic E-state index is 13.5. The number of nitrogens with one attached hydrogen (secondary N) is 1. The van der Waals surface area contributed by atoms with Crippen LogP contribution in [0.5, 0.6) is 0 Å². The molecule has 1 atom stereocenters. The van der Waals surface area contributed by atoms with Gasteiger partial charge in [-0.1, -0.05) is 12.1 Å². The molecule has 1 unspecified atom stereocenters. The molecule has 202 valence electrons. The molecule has 2 aliphatic heterocycles. The van der Waals surface area contributed by atoms with Gasteiger partial charge in [0.1, 0.15) is 0 Å². The number of aryl methyl sites for hydroxylation is 2. The Kier molecular flexibility index (Phi) is 8.53. The van der Waals surface area contributed by atoms with Crippen molar-refractivity contribution in [1.82, 2.24) is 24.1 Å². The van der Waals surface area contributed by atoms with Gasteiger partial charge in [0.25, 0.3) is 10.0 Å². The van der Waals surface area contributed by atoms with Gasteiger partial charge in [-0.15, -0.1) is 0 Å². The van der Waals surface area contributed by atoms with Crippen molar-refractivity contribution in [1.29, 1.82) is 0 Å². The highest BCUT2D eigenvalue weighted by molar-refractivity contribution is 7.89. The molecule has 37 heavy (non-hydrogen) atoms. The summed E-state index contributed by atoms with van der Waals surface area (Å²) in [5.41, 5.74) is 3.75. The number of imidazole rings is 1. The fraction of sp³-hybridized carbons (Fsp3) is 0.577. The van der Waals surface area contributed by atoms with E-state index in [1.54, 1.807) is 11.6 Å². The quantitative estimate of drug-likeness (QED) is 0.645. The molecule has 0 radical (unpaired) electrons. The van der Waals surface area contributed by atoms with E-state index in [4.69, 9.17) is 0 Å². The molecule has 2 aliphatic rings. The summed E-state index contributed by atoms with van der Waals surface area (Å²) < 4.78 is 29.2. The molecule has 11 heteroatoms. The number of nitrogens with zero attached hydrogens (tertiary/aromatic N) is 5. The predicted octanol–water partition coefficient (Wildman–Crippen LogP) is 1.68. The Hall–Kier alpha value is -2.92. The molecule has 3 heterocycles. The molecule has 0 spiro atoms. The lowest BCUT2D eigenvalue weighted by molar-refractivity contribution is -0.136. The molecular formula is C26H38N6O4S.